The minimum Gasteiger partial charge on any atom is -0.317 e. The molecular formula is C18H23N3. The fourth-order valence-electron chi connectivity index (χ4n) is 3.10. The van der Waals surface area contributed by atoms with Gasteiger partial charge in [-0.25, -0.2) is 9.97 Å². The fourth-order valence-corrected chi connectivity index (χ4v) is 3.10. The van der Waals surface area contributed by atoms with E-state index in [2.05, 4.69) is 31.3 Å². The normalized spacial score (nSPS) is 17.5. The molecule has 1 aromatic carbocycles. The van der Waals surface area contributed by atoms with Crippen LogP contribution in [-0.2, 0) is 12.8 Å². The highest BCUT2D eigenvalue weighted by Crippen LogP contribution is 2.28. The molecule has 0 amide bonds. The van der Waals surface area contributed by atoms with Gasteiger partial charge in [0.2, 0.25) is 0 Å². The molecule has 0 radical (unpaired) electrons. The molecule has 3 heteroatoms. The van der Waals surface area contributed by atoms with Crippen molar-refractivity contribution in [3.8, 4) is 11.4 Å². The van der Waals surface area contributed by atoms with E-state index in [1.54, 1.807) is 0 Å². The van der Waals surface area contributed by atoms with E-state index in [1.807, 2.05) is 18.2 Å². The van der Waals surface area contributed by atoms with Crippen LogP contribution in [0.1, 0.15) is 30.3 Å². The van der Waals surface area contributed by atoms with Crippen LogP contribution in [0.15, 0.2) is 30.3 Å². The van der Waals surface area contributed by atoms with E-state index in [1.165, 1.54) is 17.7 Å². The molecule has 110 valence electrons. The molecule has 1 N–H and O–H groups in total. The fraction of sp³-hybridized carbons (Fsp3) is 0.444. The third kappa shape index (κ3) is 3.13. The number of benzene rings is 1. The number of hydrogen-bond donors (Lipinski definition) is 1. The van der Waals surface area contributed by atoms with E-state index in [9.17, 15) is 0 Å². The number of nitrogens with one attached hydrogen (secondary N) is 1. The third-order valence-electron chi connectivity index (χ3n) is 4.30. The van der Waals surface area contributed by atoms with Gasteiger partial charge in [-0.15, -0.1) is 0 Å². The summed E-state index contributed by atoms with van der Waals surface area (Å²) >= 11 is 0. The van der Waals surface area contributed by atoms with E-state index < -0.39 is 0 Å². The van der Waals surface area contributed by atoms with Crippen LogP contribution in [0.25, 0.3) is 11.4 Å². The number of aromatic nitrogens is 2. The Bertz CT molecular complexity index is 607. The molecule has 0 bridgehead atoms. The summed E-state index contributed by atoms with van der Waals surface area (Å²) in [6.45, 7) is 6.45. The first-order chi connectivity index (χ1) is 10.3. The predicted octanol–water partition coefficient (Wildman–Crippen LogP) is 3.17. The topological polar surface area (TPSA) is 37.8 Å². The molecule has 21 heavy (non-hydrogen) atoms. The van der Waals surface area contributed by atoms with Crippen molar-refractivity contribution in [2.45, 2.75) is 33.1 Å². The van der Waals surface area contributed by atoms with Crippen LogP contribution in [0.5, 0.6) is 0 Å². The van der Waals surface area contributed by atoms with Crippen LogP contribution in [-0.4, -0.2) is 23.1 Å². The van der Waals surface area contributed by atoms with E-state index in [-0.39, 0.29) is 0 Å². The lowest BCUT2D eigenvalue weighted by Crippen LogP contribution is -2.28. The van der Waals surface area contributed by atoms with E-state index >= 15 is 0 Å². The number of hydrogen-bond acceptors (Lipinski definition) is 3. The Hall–Kier alpha value is -1.74. The number of fused-ring (bicyclic) bond motifs is 1. The maximum atomic E-state index is 4.83. The lowest BCUT2D eigenvalue weighted by atomic mass is 9.85. The predicted molar refractivity (Wildman–Crippen MR) is 86.3 cm³/mol. The first kappa shape index (κ1) is 14.2. The van der Waals surface area contributed by atoms with Gasteiger partial charge in [0, 0.05) is 17.0 Å². The van der Waals surface area contributed by atoms with Gasteiger partial charge in [-0.05, 0) is 50.8 Å². The first-order valence-electron chi connectivity index (χ1n) is 7.90. The van der Waals surface area contributed by atoms with Gasteiger partial charge in [0.1, 0.15) is 0 Å². The molecule has 0 aliphatic heterocycles. The van der Waals surface area contributed by atoms with Crippen LogP contribution in [0.2, 0.25) is 0 Å². The molecule has 1 aromatic heterocycles. The standard InChI is InChI=1S/C18H23N3/c1-3-19-12-14-9-10-17-16(11-14)13(2)20-18(21-17)15-7-5-4-6-8-15/h4-8,14,19H,3,9-12H2,1-2H3. The smallest absolute Gasteiger partial charge is 0.159 e. The second-order valence-electron chi connectivity index (χ2n) is 5.84. The maximum Gasteiger partial charge on any atom is 0.159 e. The Balaban J connectivity index is 1.87. The lowest BCUT2D eigenvalue weighted by Gasteiger charge is -2.25. The maximum absolute atomic E-state index is 4.83. The van der Waals surface area contributed by atoms with Crippen molar-refractivity contribution in [3.63, 3.8) is 0 Å². The highest BCUT2D eigenvalue weighted by atomic mass is 14.9. The van der Waals surface area contributed by atoms with Gasteiger partial charge >= 0.3 is 0 Å². The summed E-state index contributed by atoms with van der Waals surface area (Å²) in [4.78, 5) is 9.57. The zero-order valence-corrected chi connectivity index (χ0v) is 12.9. The average molecular weight is 281 g/mol. The van der Waals surface area contributed by atoms with Crippen molar-refractivity contribution in [2.24, 2.45) is 5.92 Å². The van der Waals surface area contributed by atoms with Gasteiger partial charge in [-0.2, -0.15) is 0 Å². The van der Waals surface area contributed by atoms with Crippen LogP contribution in [0.4, 0.5) is 0 Å². The molecular weight excluding hydrogens is 258 g/mol. The van der Waals surface area contributed by atoms with E-state index in [0.29, 0.717) is 0 Å². The third-order valence-corrected chi connectivity index (χ3v) is 4.30. The summed E-state index contributed by atoms with van der Waals surface area (Å²) in [5, 5.41) is 3.46. The van der Waals surface area contributed by atoms with Crippen molar-refractivity contribution in [1.82, 2.24) is 15.3 Å². The summed E-state index contributed by atoms with van der Waals surface area (Å²) in [6, 6.07) is 10.3. The van der Waals surface area contributed by atoms with Crippen LogP contribution >= 0.6 is 0 Å². The minimum atomic E-state index is 0.724. The Morgan fingerprint density at radius 2 is 2.00 bits per heavy atom. The van der Waals surface area contributed by atoms with Gasteiger partial charge in [-0.1, -0.05) is 37.3 Å². The molecule has 3 rings (SSSR count). The second kappa shape index (κ2) is 6.35. The van der Waals surface area contributed by atoms with E-state index in [4.69, 9.17) is 9.97 Å². The summed E-state index contributed by atoms with van der Waals surface area (Å²) in [7, 11) is 0. The molecule has 3 nitrogen and oxygen atoms in total. The monoisotopic (exact) mass is 281 g/mol. The zero-order chi connectivity index (χ0) is 14.7. The highest BCUT2D eigenvalue weighted by Gasteiger charge is 2.22. The molecule has 0 fully saturated rings. The summed E-state index contributed by atoms with van der Waals surface area (Å²) in [5.74, 6) is 1.60. The number of aryl methyl sites for hydroxylation is 2. The molecule has 1 aliphatic rings. The minimum absolute atomic E-state index is 0.724. The zero-order valence-electron chi connectivity index (χ0n) is 12.9. The Morgan fingerprint density at radius 3 is 2.76 bits per heavy atom. The number of rotatable bonds is 4. The summed E-state index contributed by atoms with van der Waals surface area (Å²) in [5.41, 5.74) is 4.90. The van der Waals surface area contributed by atoms with Gasteiger partial charge in [0.05, 0.1) is 0 Å². The van der Waals surface area contributed by atoms with Crippen LogP contribution < -0.4 is 5.32 Å². The molecule has 0 spiro atoms. The Labute approximate surface area is 126 Å². The molecule has 1 aliphatic carbocycles. The van der Waals surface area contributed by atoms with Crippen LogP contribution in [0, 0.1) is 12.8 Å². The molecule has 1 heterocycles. The second-order valence-corrected chi connectivity index (χ2v) is 5.84. The molecule has 2 aromatic rings. The molecule has 0 saturated carbocycles. The summed E-state index contributed by atoms with van der Waals surface area (Å²) < 4.78 is 0. The SMILES string of the molecule is CCNCC1CCc2nc(-c3ccccc3)nc(C)c2C1. The van der Waals surface area contributed by atoms with Gasteiger partial charge in [0.15, 0.2) is 5.82 Å². The van der Waals surface area contributed by atoms with Gasteiger partial charge < -0.3 is 5.32 Å². The average Bonchev–Trinajstić information content (AvgIpc) is 2.54. The van der Waals surface area contributed by atoms with Crippen molar-refractivity contribution < 1.29 is 0 Å². The van der Waals surface area contributed by atoms with Gasteiger partial charge in [0.25, 0.3) is 0 Å². The molecule has 0 saturated heterocycles. The van der Waals surface area contributed by atoms with Crippen LogP contribution in [0.3, 0.4) is 0 Å². The first-order valence-corrected chi connectivity index (χ1v) is 7.90. The van der Waals surface area contributed by atoms with Crippen molar-refractivity contribution in [3.05, 3.63) is 47.3 Å². The lowest BCUT2D eigenvalue weighted by molar-refractivity contribution is 0.423. The largest absolute Gasteiger partial charge is 0.317 e. The molecule has 1 unspecified atom stereocenters. The van der Waals surface area contributed by atoms with E-state index in [0.717, 1.165) is 48.9 Å². The van der Waals surface area contributed by atoms with Crippen molar-refractivity contribution in [2.75, 3.05) is 13.1 Å². The number of nitrogens with zero attached hydrogens (tertiary/aromatic N) is 2. The highest BCUT2D eigenvalue weighted by molar-refractivity contribution is 5.55. The Morgan fingerprint density at radius 1 is 1.19 bits per heavy atom. The Kier molecular flexibility index (Phi) is 4.30. The molecule has 1 atom stereocenters. The quantitative estimate of drug-likeness (QED) is 0.935. The van der Waals surface area contributed by atoms with Gasteiger partial charge in [-0.3, -0.25) is 0 Å². The van der Waals surface area contributed by atoms with Crippen molar-refractivity contribution in [1.29, 1.82) is 0 Å². The summed E-state index contributed by atoms with van der Waals surface area (Å²) in [6.07, 6.45) is 3.42. The van der Waals surface area contributed by atoms with Crippen molar-refractivity contribution >= 4 is 0 Å².